The summed E-state index contributed by atoms with van der Waals surface area (Å²) < 4.78 is 56.1. The highest BCUT2D eigenvalue weighted by molar-refractivity contribution is 7.92. The molecule has 0 aliphatic carbocycles. The number of ether oxygens (including phenoxy) is 2. The second-order valence-corrected chi connectivity index (χ2v) is 8.29. The Kier molecular flexibility index (Phi) is 4.33. The molecule has 96 valence electrons. The first-order chi connectivity index (χ1) is 7.33. The summed E-state index contributed by atoms with van der Waals surface area (Å²) >= 11 is 0. The quantitative estimate of drug-likeness (QED) is 0.689. The molecule has 0 unspecified atom stereocenters. The van der Waals surface area contributed by atoms with Crippen molar-refractivity contribution in [3.05, 3.63) is 0 Å². The predicted molar refractivity (Wildman–Crippen MR) is 58.4 cm³/mol. The Balaban J connectivity index is 2.84. The summed E-state index contributed by atoms with van der Waals surface area (Å²) in [5, 5.41) is 0. The van der Waals surface area contributed by atoms with Crippen LogP contribution in [0.1, 0.15) is 13.8 Å². The molecule has 0 saturated carbocycles. The van der Waals surface area contributed by atoms with Gasteiger partial charge in [0.2, 0.25) is 0 Å². The topological polar surface area (TPSA) is 86.7 Å². The standard InChI is InChI=1S/C8H16O6S2/c1-3-15(9,10)7-5-13-6-8(14-7)16(11,12)4-2/h7-8H,3-6H2,1-2H3/t7-,8+. The fraction of sp³-hybridized carbons (Fsp3) is 1.00. The van der Waals surface area contributed by atoms with E-state index in [2.05, 4.69) is 0 Å². The Morgan fingerprint density at radius 1 is 0.938 bits per heavy atom. The minimum absolute atomic E-state index is 0.0973. The molecule has 16 heavy (non-hydrogen) atoms. The van der Waals surface area contributed by atoms with Crippen molar-refractivity contribution in [3.8, 4) is 0 Å². The Hall–Kier alpha value is -0.180. The van der Waals surface area contributed by atoms with Crippen molar-refractivity contribution < 1.29 is 26.3 Å². The predicted octanol–water partition coefficient (Wildman–Crippen LogP) is -0.445. The number of hydrogen-bond acceptors (Lipinski definition) is 6. The van der Waals surface area contributed by atoms with Crippen molar-refractivity contribution in [2.24, 2.45) is 0 Å². The van der Waals surface area contributed by atoms with E-state index in [0.29, 0.717) is 0 Å². The highest BCUT2D eigenvalue weighted by Crippen LogP contribution is 2.18. The van der Waals surface area contributed by atoms with Crippen LogP contribution in [0.2, 0.25) is 0 Å². The molecule has 2 atom stereocenters. The molecule has 0 radical (unpaired) electrons. The number of hydrogen-bond donors (Lipinski definition) is 0. The smallest absolute Gasteiger partial charge is 0.183 e. The van der Waals surface area contributed by atoms with Crippen molar-refractivity contribution in [1.29, 1.82) is 0 Å². The van der Waals surface area contributed by atoms with E-state index >= 15 is 0 Å². The molecular formula is C8H16O6S2. The van der Waals surface area contributed by atoms with E-state index in [-0.39, 0.29) is 24.7 Å². The molecule has 0 bridgehead atoms. The van der Waals surface area contributed by atoms with Gasteiger partial charge in [0.25, 0.3) is 0 Å². The third-order valence-electron chi connectivity index (χ3n) is 2.42. The van der Waals surface area contributed by atoms with Crippen molar-refractivity contribution in [2.45, 2.75) is 24.7 Å². The molecule has 0 N–H and O–H groups in total. The summed E-state index contributed by atoms with van der Waals surface area (Å²) in [7, 11) is -6.87. The van der Waals surface area contributed by atoms with Gasteiger partial charge in [0.05, 0.1) is 24.7 Å². The zero-order valence-electron chi connectivity index (χ0n) is 9.25. The van der Waals surface area contributed by atoms with Gasteiger partial charge in [-0.05, 0) is 0 Å². The van der Waals surface area contributed by atoms with E-state index in [1.165, 1.54) is 13.8 Å². The van der Waals surface area contributed by atoms with Crippen molar-refractivity contribution >= 4 is 19.7 Å². The summed E-state index contributed by atoms with van der Waals surface area (Å²) in [6, 6.07) is 0. The van der Waals surface area contributed by atoms with Crippen LogP contribution in [0.15, 0.2) is 0 Å². The summed E-state index contributed by atoms with van der Waals surface area (Å²) in [5.74, 6) is -0.195. The van der Waals surface area contributed by atoms with Gasteiger partial charge in [-0.25, -0.2) is 16.8 Å². The van der Waals surface area contributed by atoms with Crippen LogP contribution >= 0.6 is 0 Å². The fourth-order valence-electron chi connectivity index (χ4n) is 1.26. The molecular weight excluding hydrogens is 256 g/mol. The van der Waals surface area contributed by atoms with Crippen molar-refractivity contribution in [3.63, 3.8) is 0 Å². The molecule has 1 heterocycles. The molecule has 1 rings (SSSR count). The van der Waals surface area contributed by atoms with Crippen molar-refractivity contribution in [2.75, 3.05) is 24.7 Å². The Morgan fingerprint density at radius 3 is 1.62 bits per heavy atom. The van der Waals surface area contributed by atoms with Crippen molar-refractivity contribution in [1.82, 2.24) is 0 Å². The molecule has 0 aromatic rings. The molecule has 0 amide bonds. The normalized spacial score (nSPS) is 27.9. The molecule has 1 aliphatic rings. The average molecular weight is 272 g/mol. The van der Waals surface area contributed by atoms with E-state index in [1.54, 1.807) is 0 Å². The van der Waals surface area contributed by atoms with E-state index in [1.807, 2.05) is 0 Å². The summed E-state index contributed by atoms with van der Waals surface area (Å²) in [5.41, 5.74) is -2.34. The van der Waals surface area contributed by atoms with Gasteiger partial charge in [-0.15, -0.1) is 0 Å². The molecule has 0 spiro atoms. The van der Waals surface area contributed by atoms with Crippen LogP contribution in [-0.4, -0.2) is 52.4 Å². The second-order valence-electron chi connectivity index (χ2n) is 3.44. The highest BCUT2D eigenvalue weighted by Gasteiger charge is 2.37. The van der Waals surface area contributed by atoms with Gasteiger partial charge in [0.1, 0.15) is 0 Å². The second kappa shape index (κ2) is 4.99. The van der Waals surface area contributed by atoms with Gasteiger partial charge >= 0.3 is 0 Å². The first-order valence-corrected chi connectivity index (χ1v) is 8.43. The lowest BCUT2D eigenvalue weighted by molar-refractivity contribution is -0.0730. The van der Waals surface area contributed by atoms with Crippen LogP contribution in [0.4, 0.5) is 0 Å². The van der Waals surface area contributed by atoms with Crippen LogP contribution in [-0.2, 0) is 29.1 Å². The minimum Gasteiger partial charge on any atom is -0.374 e. The maximum absolute atomic E-state index is 11.5. The summed E-state index contributed by atoms with van der Waals surface area (Å²) in [4.78, 5) is 0. The molecule has 1 fully saturated rings. The van der Waals surface area contributed by atoms with Crippen LogP contribution in [0.25, 0.3) is 0 Å². The Morgan fingerprint density at radius 2 is 1.31 bits per heavy atom. The molecule has 8 heteroatoms. The maximum Gasteiger partial charge on any atom is 0.183 e. The molecule has 0 aromatic carbocycles. The number of sulfone groups is 2. The third kappa shape index (κ3) is 2.93. The molecule has 1 saturated heterocycles. The first-order valence-electron chi connectivity index (χ1n) is 4.99. The lowest BCUT2D eigenvalue weighted by Crippen LogP contribution is -2.45. The van der Waals surface area contributed by atoms with E-state index in [0.717, 1.165) is 0 Å². The molecule has 0 aromatic heterocycles. The molecule has 6 nitrogen and oxygen atoms in total. The maximum atomic E-state index is 11.5. The highest BCUT2D eigenvalue weighted by atomic mass is 32.2. The SMILES string of the molecule is CCS(=O)(=O)[C@@H]1COC[C@H](S(=O)(=O)CC)O1. The first kappa shape index (κ1) is 13.9. The zero-order chi connectivity index (χ0) is 12.4. The third-order valence-corrected chi connectivity index (χ3v) is 6.12. The van der Waals surface area contributed by atoms with Gasteiger partial charge in [-0.1, -0.05) is 13.8 Å². The minimum atomic E-state index is -3.43. The molecule has 1 aliphatic heterocycles. The van der Waals surface area contributed by atoms with Gasteiger partial charge in [-0.3, -0.25) is 0 Å². The summed E-state index contributed by atoms with van der Waals surface area (Å²) in [6.07, 6.45) is 0. The van der Waals surface area contributed by atoms with E-state index in [9.17, 15) is 16.8 Å². The Bertz CT molecular complexity index is 383. The van der Waals surface area contributed by atoms with Gasteiger partial charge in [0, 0.05) is 0 Å². The lowest BCUT2D eigenvalue weighted by atomic mass is 10.6. The average Bonchev–Trinajstić information content (AvgIpc) is 2.29. The van der Waals surface area contributed by atoms with Gasteiger partial charge in [0.15, 0.2) is 30.5 Å². The largest absolute Gasteiger partial charge is 0.374 e. The van der Waals surface area contributed by atoms with Crippen LogP contribution < -0.4 is 0 Å². The van der Waals surface area contributed by atoms with Crippen LogP contribution in [0.5, 0.6) is 0 Å². The van der Waals surface area contributed by atoms with Crippen LogP contribution in [0, 0.1) is 0 Å². The van der Waals surface area contributed by atoms with Gasteiger partial charge < -0.3 is 9.47 Å². The van der Waals surface area contributed by atoms with E-state index < -0.39 is 30.5 Å². The summed E-state index contributed by atoms with van der Waals surface area (Å²) in [6.45, 7) is 2.76. The zero-order valence-corrected chi connectivity index (χ0v) is 10.9. The number of rotatable bonds is 4. The fourth-order valence-corrected chi connectivity index (χ4v) is 3.28. The monoisotopic (exact) mass is 272 g/mol. The van der Waals surface area contributed by atoms with Gasteiger partial charge in [-0.2, -0.15) is 0 Å². The Labute approximate surface area is 95.8 Å². The lowest BCUT2D eigenvalue weighted by Gasteiger charge is -2.28. The van der Waals surface area contributed by atoms with Crippen LogP contribution in [0.3, 0.4) is 0 Å². The van der Waals surface area contributed by atoms with E-state index in [4.69, 9.17) is 9.47 Å².